The molecule has 0 bridgehead atoms. The Hall–Kier alpha value is -2.07. The van der Waals surface area contributed by atoms with Crippen LogP contribution in [0.1, 0.15) is 20.1 Å². The smallest absolute Gasteiger partial charge is 0.275 e. The number of hydrogen-bond acceptors (Lipinski definition) is 5. The van der Waals surface area contributed by atoms with E-state index < -0.39 is 0 Å². The molecule has 1 aromatic carbocycles. The molecule has 0 spiro atoms. The summed E-state index contributed by atoms with van der Waals surface area (Å²) in [5, 5.41) is 9.47. The van der Waals surface area contributed by atoms with Crippen molar-refractivity contribution in [2.45, 2.75) is 6.61 Å². The minimum atomic E-state index is -0.346. The van der Waals surface area contributed by atoms with E-state index in [-0.39, 0.29) is 12.5 Å². The number of benzene rings is 1. The fraction of sp³-hybridized carbons (Fsp3) is 0.0769. The van der Waals surface area contributed by atoms with Crippen molar-refractivity contribution in [3.05, 3.63) is 50.7 Å². The van der Waals surface area contributed by atoms with Crippen LogP contribution in [0, 0.1) is 11.3 Å². The quantitative estimate of drug-likeness (QED) is 0.516. The highest BCUT2D eigenvalue weighted by molar-refractivity contribution is 7.14. The zero-order valence-electron chi connectivity index (χ0n) is 10.2. The van der Waals surface area contributed by atoms with E-state index in [1.165, 1.54) is 11.3 Å². The van der Waals surface area contributed by atoms with Gasteiger partial charge in [-0.3, -0.25) is 10.2 Å². The number of halogens is 1. The molecule has 102 valence electrons. The molecule has 0 saturated heterocycles. The Morgan fingerprint density at radius 3 is 2.95 bits per heavy atom. The molecule has 1 aromatic heterocycles. The highest BCUT2D eigenvalue weighted by atomic mass is 35.5. The van der Waals surface area contributed by atoms with Crippen LogP contribution in [-0.4, -0.2) is 5.91 Å². The third-order valence-corrected chi connectivity index (χ3v) is 3.74. The average Bonchev–Trinajstić information content (AvgIpc) is 2.93. The van der Waals surface area contributed by atoms with Crippen LogP contribution in [0.3, 0.4) is 0 Å². The van der Waals surface area contributed by atoms with Gasteiger partial charge in [-0.25, -0.2) is 5.84 Å². The first-order chi connectivity index (χ1) is 9.63. The van der Waals surface area contributed by atoms with E-state index in [4.69, 9.17) is 27.4 Å². The number of nitrogens with one attached hydrogen (secondary N) is 1. The summed E-state index contributed by atoms with van der Waals surface area (Å²) in [4.78, 5) is 12.7. The number of rotatable bonds is 4. The molecule has 0 radical (unpaired) electrons. The Kier molecular flexibility index (Phi) is 4.58. The van der Waals surface area contributed by atoms with Crippen molar-refractivity contribution >= 4 is 28.8 Å². The monoisotopic (exact) mass is 307 g/mol. The van der Waals surface area contributed by atoms with Crippen molar-refractivity contribution in [2.24, 2.45) is 5.84 Å². The lowest BCUT2D eigenvalue weighted by Gasteiger charge is -2.06. The predicted octanol–water partition coefficient (Wildman–Crippen LogP) is 2.46. The maximum absolute atomic E-state index is 11.3. The number of hydrazine groups is 1. The van der Waals surface area contributed by atoms with E-state index in [9.17, 15) is 4.79 Å². The molecule has 0 unspecified atom stereocenters. The van der Waals surface area contributed by atoms with Crippen molar-refractivity contribution in [2.75, 3.05) is 0 Å². The van der Waals surface area contributed by atoms with Crippen LogP contribution in [0.15, 0.2) is 30.3 Å². The zero-order chi connectivity index (χ0) is 14.5. The summed E-state index contributed by atoms with van der Waals surface area (Å²) in [5.41, 5.74) is 2.47. The van der Waals surface area contributed by atoms with Crippen molar-refractivity contribution in [3.8, 4) is 11.8 Å². The van der Waals surface area contributed by atoms with Crippen molar-refractivity contribution in [3.63, 3.8) is 0 Å². The first-order valence-corrected chi connectivity index (χ1v) is 6.75. The van der Waals surface area contributed by atoms with Crippen molar-refractivity contribution in [1.82, 2.24) is 5.43 Å². The second-order valence-corrected chi connectivity index (χ2v) is 5.39. The first kappa shape index (κ1) is 14.3. The summed E-state index contributed by atoms with van der Waals surface area (Å²) < 4.78 is 5.56. The number of ether oxygens (including phenoxy) is 1. The van der Waals surface area contributed by atoms with E-state index in [1.54, 1.807) is 30.3 Å². The molecule has 3 N–H and O–H groups in total. The van der Waals surface area contributed by atoms with Crippen molar-refractivity contribution in [1.29, 1.82) is 5.26 Å². The number of hydrogen-bond donors (Lipinski definition) is 2. The van der Waals surface area contributed by atoms with Gasteiger partial charge < -0.3 is 4.74 Å². The molecule has 2 rings (SSSR count). The summed E-state index contributed by atoms with van der Waals surface area (Å²) in [7, 11) is 0. The van der Waals surface area contributed by atoms with Gasteiger partial charge in [0.25, 0.3) is 5.91 Å². The molecule has 20 heavy (non-hydrogen) atoms. The lowest BCUT2D eigenvalue weighted by molar-refractivity contribution is 0.0957. The Bertz CT molecular complexity index is 678. The summed E-state index contributed by atoms with van der Waals surface area (Å²) in [6.07, 6.45) is 0. The Balaban J connectivity index is 2.09. The predicted molar refractivity (Wildman–Crippen MR) is 76.5 cm³/mol. The second kappa shape index (κ2) is 6.39. The average molecular weight is 308 g/mol. The maximum Gasteiger partial charge on any atom is 0.275 e. The Morgan fingerprint density at radius 2 is 2.25 bits per heavy atom. The van der Waals surface area contributed by atoms with Crippen LogP contribution in [0.5, 0.6) is 5.75 Å². The molecule has 7 heteroatoms. The number of thiophene rings is 1. The normalized spacial score (nSPS) is 9.85. The second-order valence-electron chi connectivity index (χ2n) is 3.78. The third-order valence-electron chi connectivity index (χ3n) is 2.45. The molecule has 0 fully saturated rings. The number of amides is 1. The molecule has 5 nitrogen and oxygen atoms in total. The number of carbonyl (C=O) groups is 1. The molecule has 0 aliphatic rings. The van der Waals surface area contributed by atoms with Gasteiger partial charge in [0.05, 0.1) is 10.4 Å². The van der Waals surface area contributed by atoms with E-state index in [0.717, 1.165) is 4.88 Å². The lowest BCUT2D eigenvalue weighted by atomic mass is 10.2. The van der Waals surface area contributed by atoms with E-state index in [0.29, 0.717) is 21.2 Å². The van der Waals surface area contributed by atoms with Crippen molar-refractivity contribution < 1.29 is 9.53 Å². The highest BCUT2D eigenvalue weighted by Gasteiger charge is 2.09. The first-order valence-electron chi connectivity index (χ1n) is 5.56. The molecule has 0 aliphatic carbocycles. The minimum absolute atomic E-state index is 0.248. The number of nitrogens with two attached hydrogens (primary N) is 1. The van der Waals surface area contributed by atoms with E-state index in [2.05, 4.69) is 5.43 Å². The van der Waals surface area contributed by atoms with Gasteiger partial charge in [-0.1, -0.05) is 11.6 Å². The number of nitrogen functional groups attached to an aromatic ring is 1. The van der Waals surface area contributed by atoms with Crippen LogP contribution in [0.25, 0.3) is 0 Å². The minimum Gasteiger partial charge on any atom is -0.487 e. The van der Waals surface area contributed by atoms with Crippen LogP contribution >= 0.6 is 22.9 Å². The highest BCUT2D eigenvalue weighted by Crippen LogP contribution is 2.25. The summed E-state index contributed by atoms with van der Waals surface area (Å²) in [6, 6.07) is 10.3. The molecule has 0 atom stereocenters. The Morgan fingerprint density at radius 1 is 1.45 bits per heavy atom. The number of carbonyl (C=O) groups excluding carboxylic acids is 1. The molecule has 0 saturated carbocycles. The van der Waals surface area contributed by atoms with Gasteiger partial charge in [-0.15, -0.1) is 11.3 Å². The molecular weight excluding hydrogens is 298 g/mol. The van der Waals surface area contributed by atoms with Gasteiger partial charge >= 0.3 is 0 Å². The van der Waals surface area contributed by atoms with Gasteiger partial charge in [0.15, 0.2) is 0 Å². The van der Waals surface area contributed by atoms with Gasteiger partial charge in [-0.2, -0.15) is 5.26 Å². The van der Waals surface area contributed by atoms with Crippen LogP contribution in [0.4, 0.5) is 0 Å². The van der Waals surface area contributed by atoms with Gasteiger partial charge in [0, 0.05) is 16.0 Å². The topological polar surface area (TPSA) is 88.1 Å². The molecule has 2 aromatic rings. The van der Waals surface area contributed by atoms with Gasteiger partial charge in [0.2, 0.25) is 0 Å². The number of nitriles is 1. The van der Waals surface area contributed by atoms with Gasteiger partial charge in [-0.05, 0) is 24.3 Å². The zero-order valence-corrected chi connectivity index (χ0v) is 11.8. The fourth-order valence-electron chi connectivity index (χ4n) is 1.51. The molecule has 1 amide bonds. The standard InChI is InChI=1S/C13H10ClN3O2S/c14-9-2-1-8(6-15)11(5-9)19-7-10-3-4-12(20-10)13(18)17-16/h1-5H,7,16H2,(H,17,18). The molecule has 0 aliphatic heterocycles. The largest absolute Gasteiger partial charge is 0.487 e. The maximum atomic E-state index is 11.3. The third kappa shape index (κ3) is 3.27. The summed E-state index contributed by atoms with van der Waals surface area (Å²) >= 11 is 7.14. The summed E-state index contributed by atoms with van der Waals surface area (Å²) in [5.74, 6) is 5.13. The fourth-order valence-corrected chi connectivity index (χ4v) is 2.49. The van der Waals surface area contributed by atoms with Gasteiger partial charge in [0.1, 0.15) is 18.4 Å². The van der Waals surface area contributed by atoms with E-state index in [1.807, 2.05) is 6.07 Å². The van der Waals surface area contributed by atoms with E-state index >= 15 is 0 Å². The van der Waals surface area contributed by atoms with Crippen LogP contribution < -0.4 is 16.0 Å². The molecule has 1 heterocycles. The Labute approximate surface area is 124 Å². The summed E-state index contributed by atoms with van der Waals surface area (Å²) in [6.45, 7) is 0.248. The lowest BCUT2D eigenvalue weighted by Crippen LogP contribution is -2.29. The number of nitrogens with zero attached hydrogens (tertiary/aromatic N) is 1. The van der Waals surface area contributed by atoms with Crippen LogP contribution in [0.2, 0.25) is 5.02 Å². The van der Waals surface area contributed by atoms with Crippen LogP contribution in [-0.2, 0) is 6.61 Å². The SMILES string of the molecule is N#Cc1ccc(Cl)cc1OCc1ccc(C(=O)NN)s1. The molecular formula is C13H10ClN3O2S.